The monoisotopic (exact) mass is 411 g/mol. The maximum absolute atomic E-state index is 11.6. The van der Waals surface area contributed by atoms with Crippen LogP contribution in [0.5, 0.6) is 0 Å². The number of carbonyl (C=O) groups is 1. The Bertz CT molecular complexity index is 797. The number of hydrogen-bond acceptors (Lipinski definition) is 4. The van der Waals surface area contributed by atoms with Crippen LogP contribution in [0.25, 0.3) is 0 Å². The van der Waals surface area contributed by atoms with Gasteiger partial charge in [-0.1, -0.05) is 37.5 Å². The van der Waals surface area contributed by atoms with E-state index in [1.54, 1.807) is 6.92 Å². The Kier molecular flexibility index (Phi) is 5.63. The lowest BCUT2D eigenvalue weighted by atomic mass is 9.77. The van der Waals surface area contributed by atoms with Crippen molar-refractivity contribution >= 4 is 5.91 Å². The fourth-order valence-corrected chi connectivity index (χ4v) is 5.69. The van der Waals surface area contributed by atoms with Gasteiger partial charge in [0, 0.05) is 38.0 Å². The van der Waals surface area contributed by atoms with Crippen molar-refractivity contribution in [2.24, 2.45) is 11.8 Å². The minimum Gasteiger partial charge on any atom is -0.388 e. The van der Waals surface area contributed by atoms with E-state index in [9.17, 15) is 9.90 Å². The third-order valence-corrected chi connectivity index (χ3v) is 7.84. The van der Waals surface area contributed by atoms with Crippen molar-refractivity contribution in [1.29, 1.82) is 0 Å². The predicted octanol–water partition coefficient (Wildman–Crippen LogP) is 3.34. The molecule has 0 aromatic carbocycles. The molecule has 2 aliphatic heterocycles. The van der Waals surface area contributed by atoms with Crippen LogP contribution < -0.4 is 5.32 Å². The van der Waals surface area contributed by atoms with Crippen LogP contribution >= 0.6 is 0 Å². The van der Waals surface area contributed by atoms with Gasteiger partial charge in [0.1, 0.15) is 5.82 Å². The maximum Gasteiger partial charge on any atom is 0.219 e. The van der Waals surface area contributed by atoms with Crippen molar-refractivity contribution in [3.8, 4) is 0 Å². The number of piperidine rings is 1. The Balaban J connectivity index is 1.49. The second-order valence-corrected chi connectivity index (χ2v) is 9.99. The van der Waals surface area contributed by atoms with Gasteiger partial charge in [-0.3, -0.25) is 4.79 Å². The third kappa shape index (κ3) is 3.86. The Morgan fingerprint density at radius 1 is 1.37 bits per heavy atom. The molecule has 0 aromatic rings. The van der Waals surface area contributed by atoms with Gasteiger partial charge in [-0.15, -0.1) is 0 Å². The van der Waals surface area contributed by atoms with E-state index in [1.807, 2.05) is 11.0 Å². The normalized spacial score (nSPS) is 33.2. The van der Waals surface area contributed by atoms with Crippen LogP contribution in [0.4, 0.5) is 0 Å². The van der Waals surface area contributed by atoms with E-state index in [0.29, 0.717) is 5.92 Å². The number of likely N-dealkylation sites (tertiary alicyclic amines) is 1. The molecule has 3 fully saturated rings. The van der Waals surface area contributed by atoms with Crippen LogP contribution in [0.2, 0.25) is 0 Å². The van der Waals surface area contributed by atoms with Crippen LogP contribution in [0.3, 0.4) is 0 Å². The number of aliphatic hydroxyl groups excluding tert-OH is 1. The average Bonchev–Trinajstić information content (AvgIpc) is 3.49. The first kappa shape index (κ1) is 21.3. The number of aliphatic hydroxyl groups is 1. The highest BCUT2D eigenvalue weighted by molar-refractivity contribution is 5.73. The molecule has 3 atom stereocenters. The minimum absolute atomic E-state index is 0.166. The first-order valence-electron chi connectivity index (χ1n) is 11.6. The molecule has 4 rings (SSSR count). The molecule has 1 spiro atoms. The van der Waals surface area contributed by atoms with Crippen molar-refractivity contribution in [3.63, 3.8) is 0 Å². The lowest BCUT2D eigenvalue weighted by Crippen LogP contribution is -2.60. The van der Waals surface area contributed by atoms with Crippen LogP contribution in [0.1, 0.15) is 59.3 Å². The number of nitrogens with one attached hydrogen (secondary N) is 1. The first-order valence-corrected chi connectivity index (χ1v) is 11.6. The van der Waals surface area contributed by atoms with Gasteiger partial charge >= 0.3 is 0 Å². The second kappa shape index (κ2) is 7.94. The number of nitrogens with zero attached hydrogens (tertiary/aromatic N) is 2. The molecule has 0 bridgehead atoms. The molecular weight excluding hydrogens is 374 g/mol. The number of rotatable bonds is 4. The van der Waals surface area contributed by atoms with Crippen molar-refractivity contribution in [2.75, 3.05) is 19.6 Å². The van der Waals surface area contributed by atoms with E-state index in [-0.39, 0.29) is 22.9 Å². The smallest absolute Gasteiger partial charge is 0.219 e. The Labute approximate surface area is 181 Å². The molecule has 1 saturated carbocycles. The molecule has 2 saturated heterocycles. The highest BCUT2D eigenvalue weighted by atomic mass is 16.3. The van der Waals surface area contributed by atoms with Gasteiger partial charge < -0.3 is 20.2 Å². The summed E-state index contributed by atoms with van der Waals surface area (Å²) in [4.78, 5) is 16.1. The molecule has 30 heavy (non-hydrogen) atoms. The van der Waals surface area contributed by atoms with Crippen LogP contribution in [-0.2, 0) is 4.79 Å². The SMILES string of the molecule is C=C=C1N[C@](C)(C2=CC(O)C(CC)C=C2)CC2(CC2)N1CC1CCN(C(C)=O)CC1. The minimum atomic E-state index is -0.413. The molecule has 164 valence electrons. The van der Waals surface area contributed by atoms with Gasteiger partial charge in [0.05, 0.1) is 11.6 Å². The summed E-state index contributed by atoms with van der Waals surface area (Å²) >= 11 is 0. The lowest BCUT2D eigenvalue weighted by molar-refractivity contribution is -0.130. The highest BCUT2D eigenvalue weighted by Crippen LogP contribution is 2.53. The van der Waals surface area contributed by atoms with Crippen molar-refractivity contribution in [3.05, 3.63) is 41.9 Å². The number of carbonyl (C=O) groups excluding carboxylic acids is 1. The summed E-state index contributed by atoms with van der Waals surface area (Å²) in [6.45, 7) is 12.8. The van der Waals surface area contributed by atoms with Gasteiger partial charge in [0.2, 0.25) is 5.91 Å². The Hall–Kier alpha value is -1.97. The number of hydrogen-bond donors (Lipinski definition) is 2. The molecule has 5 nitrogen and oxygen atoms in total. The highest BCUT2D eigenvalue weighted by Gasteiger charge is 2.57. The van der Waals surface area contributed by atoms with Gasteiger partial charge in [-0.05, 0) is 56.9 Å². The van der Waals surface area contributed by atoms with Crippen LogP contribution in [0.15, 0.2) is 41.9 Å². The second-order valence-electron chi connectivity index (χ2n) is 9.99. The molecule has 2 aliphatic carbocycles. The lowest BCUT2D eigenvalue weighted by Gasteiger charge is -2.51. The molecule has 2 unspecified atom stereocenters. The largest absolute Gasteiger partial charge is 0.388 e. The molecule has 2 heterocycles. The van der Waals surface area contributed by atoms with E-state index in [4.69, 9.17) is 0 Å². The van der Waals surface area contributed by atoms with E-state index in [2.05, 4.69) is 48.5 Å². The maximum atomic E-state index is 11.6. The molecule has 0 radical (unpaired) electrons. The van der Waals surface area contributed by atoms with Gasteiger partial charge in [-0.2, -0.15) is 0 Å². The Morgan fingerprint density at radius 2 is 2.07 bits per heavy atom. The molecular formula is C25H37N3O2. The van der Waals surface area contributed by atoms with Crippen molar-refractivity contribution < 1.29 is 9.90 Å². The van der Waals surface area contributed by atoms with Gasteiger partial charge in [-0.25, -0.2) is 0 Å². The summed E-state index contributed by atoms with van der Waals surface area (Å²) in [5.41, 5.74) is 4.31. The quantitative estimate of drug-likeness (QED) is 0.697. The molecule has 4 aliphatic rings. The zero-order valence-corrected chi connectivity index (χ0v) is 18.8. The van der Waals surface area contributed by atoms with Crippen LogP contribution in [0, 0.1) is 11.8 Å². The molecule has 1 amide bonds. The van der Waals surface area contributed by atoms with Gasteiger partial charge in [0.25, 0.3) is 0 Å². The topological polar surface area (TPSA) is 55.8 Å². The first-order chi connectivity index (χ1) is 14.3. The van der Waals surface area contributed by atoms with E-state index >= 15 is 0 Å². The van der Waals surface area contributed by atoms with Crippen LogP contribution in [-0.4, -0.2) is 57.6 Å². The fourth-order valence-electron chi connectivity index (χ4n) is 5.69. The summed E-state index contributed by atoms with van der Waals surface area (Å²) in [6.07, 6.45) is 12.5. The zero-order valence-electron chi connectivity index (χ0n) is 18.8. The summed E-state index contributed by atoms with van der Waals surface area (Å²) in [6, 6.07) is 0. The van der Waals surface area contributed by atoms with E-state index < -0.39 is 6.10 Å². The third-order valence-electron chi connectivity index (χ3n) is 7.84. The molecule has 2 N–H and O–H groups in total. The van der Waals surface area contributed by atoms with Crippen molar-refractivity contribution in [2.45, 2.75) is 76.5 Å². The van der Waals surface area contributed by atoms with E-state index in [1.165, 1.54) is 18.4 Å². The Morgan fingerprint density at radius 3 is 2.60 bits per heavy atom. The summed E-state index contributed by atoms with van der Waals surface area (Å²) < 4.78 is 0. The number of amides is 1. The standard InChI is InChI=1S/C25H37N3O2/c1-5-20-7-8-21(15-22(20)30)24(4)17-25(11-12-25)28(23(6-2)26-24)16-19-9-13-27(14-10-19)18(3)29/h7-8,15,19-20,22,26,30H,2,5,9-14,16-17H2,1,3-4H3/t20?,22?,24-/m0/s1. The van der Waals surface area contributed by atoms with Crippen molar-refractivity contribution in [1.82, 2.24) is 15.1 Å². The summed E-state index contributed by atoms with van der Waals surface area (Å²) in [5, 5.41) is 14.3. The van der Waals surface area contributed by atoms with Gasteiger partial charge in [0.15, 0.2) is 0 Å². The average molecular weight is 412 g/mol. The van der Waals surface area contributed by atoms with E-state index in [0.717, 1.165) is 51.1 Å². The summed E-state index contributed by atoms with van der Waals surface area (Å²) in [7, 11) is 0. The molecule has 5 heteroatoms. The predicted molar refractivity (Wildman–Crippen MR) is 119 cm³/mol. The summed E-state index contributed by atoms with van der Waals surface area (Å²) in [5.74, 6) is 1.99. The fraction of sp³-hybridized carbons (Fsp3) is 0.680. The zero-order chi connectivity index (χ0) is 21.5. The molecule has 0 aromatic heterocycles.